The molecule has 1 saturated heterocycles. The van der Waals surface area contributed by atoms with E-state index >= 15 is 0 Å². The molecule has 0 aromatic carbocycles. The summed E-state index contributed by atoms with van der Waals surface area (Å²) in [5.74, 6) is -0.176. The van der Waals surface area contributed by atoms with Crippen LogP contribution in [0.3, 0.4) is 0 Å². The van der Waals surface area contributed by atoms with E-state index < -0.39 is 0 Å². The Balaban J connectivity index is 1.84. The molecule has 2 aromatic heterocycles. The standard InChI is InChI=1S/C18H21N3O3/c1-13-9-14(10-17(22)20-13)18(23)21(12-16-6-4-8-24-16)11-15-5-2-3-7-19-15/h2-3,5,7,9-10,16H,4,6,8,11-12H2,1H3,(H,20,22). The maximum atomic E-state index is 12.9. The van der Waals surface area contributed by atoms with Crippen molar-refractivity contribution in [2.75, 3.05) is 13.2 Å². The van der Waals surface area contributed by atoms with Crippen molar-refractivity contribution in [1.29, 1.82) is 0 Å². The Bertz CT molecular complexity index is 752. The number of pyridine rings is 2. The van der Waals surface area contributed by atoms with Crippen molar-refractivity contribution < 1.29 is 9.53 Å². The third-order valence-corrected chi connectivity index (χ3v) is 4.04. The van der Waals surface area contributed by atoms with Gasteiger partial charge >= 0.3 is 0 Å². The number of nitrogens with one attached hydrogen (secondary N) is 1. The summed E-state index contributed by atoms with van der Waals surface area (Å²) in [5, 5.41) is 0. The molecule has 1 unspecified atom stereocenters. The van der Waals surface area contributed by atoms with Crippen molar-refractivity contribution in [3.63, 3.8) is 0 Å². The third kappa shape index (κ3) is 4.08. The maximum Gasteiger partial charge on any atom is 0.254 e. The van der Waals surface area contributed by atoms with E-state index in [9.17, 15) is 9.59 Å². The molecule has 3 heterocycles. The zero-order chi connectivity index (χ0) is 16.9. The van der Waals surface area contributed by atoms with Gasteiger partial charge in [-0.2, -0.15) is 0 Å². The molecule has 6 heteroatoms. The predicted molar refractivity (Wildman–Crippen MR) is 89.8 cm³/mol. The van der Waals surface area contributed by atoms with Crippen molar-refractivity contribution in [3.8, 4) is 0 Å². The van der Waals surface area contributed by atoms with Gasteiger partial charge in [0.2, 0.25) is 5.56 Å². The Morgan fingerprint density at radius 1 is 1.42 bits per heavy atom. The van der Waals surface area contributed by atoms with Crippen molar-refractivity contribution in [2.45, 2.75) is 32.4 Å². The van der Waals surface area contributed by atoms with Crippen molar-refractivity contribution in [2.24, 2.45) is 0 Å². The van der Waals surface area contributed by atoms with Gasteiger partial charge in [-0.15, -0.1) is 0 Å². The number of amides is 1. The van der Waals surface area contributed by atoms with Crippen molar-refractivity contribution in [3.05, 3.63) is 63.8 Å². The summed E-state index contributed by atoms with van der Waals surface area (Å²) >= 11 is 0. The SMILES string of the molecule is Cc1cc(C(=O)N(Cc2ccccn2)CC2CCCO2)cc(=O)[nH]1. The lowest BCUT2D eigenvalue weighted by atomic mass is 10.1. The van der Waals surface area contributed by atoms with Crippen molar-refractivity contribution >= 4 is 5.91 Å². The molecule has 2 aromatic rings. The van der Waals surface area contributed by atoms with Crippen LogP contribution in [0.2, 0.25) is 0 Å². The van der Waals surface area contributed by atoms with Gasteiger partial charge in [-0.05, 0) is 38.0 Å². The minimum atomic E-state index is -0.270. The predicted octanol–water partition coefficient (Wildman–Crippen LogP) is 1.90. The van der Waals surface area contributed by atoms with Crippen LogP contribution in [0.15, 0.2) is 41.3 Å². The van der Waals surface area contributed by atoms with Crippen LogP contribution >= 0.6 is 0 Å². The van der Waals surface area contributed by atoms with Crippen molar-refractivity contribution in [1.82, 2.24) is 14.9 Å². The van der Waals surface area contributed by atoms with Gasteiger partial charge in [0.1, 0.15) is 0 Å². The fourth-order valence-corrected chi connectivity index (χ4v) is 2.93. The molecule has 1 aliphatic rings. The normalized spacial score (nSPS) is 17.0. The van der Waals surface area contributed by atoms with E-state index in [1.807, 2.05) is 18.2 Å². The highest BCUT2D eigenvalue weighted by molar-refractivity contribution is 5.94. The summed E-state index contributed by atoms with van der Waals surface area (Å²) in [6, 6.07) is 8.67. The highest BCUT2D eigenvalue weighted by Crippen LogP contribution is 2.16. The zero-order valence-electron chi connectivity index (χ0n) is 13.7. The number of carbonyl (C=O) groups is 1. The Labute approximate surface area is 140 Å². The van der Waals surface area contributed by atoms with Gasteiger partial charge in [-0.3, -0.25) is 14.6 Å². The zero-order valence-corrected chi connectivity index (χ0v) is 13.7. The topological polar surface area (TPSA) is 75.3 Å². The molecule has 1 atom stereocenters. The van der Waals surface area contributed by atoms with E-state index in [-0.39, 0.29) is 17.6 Å². The lowest BCUT2D eigenvalue weighted by Gasteiger charge is -2.25. The number of hydrogen-bond donors (Lipinski definition) is 1. The smallest absolute Gasteiger partial charge is 0.254 e. The van der Waals surface area contributed by atoms with Gasteiger partial charge in [0.15, 0.2) is 0 Å². The summed E-state index contributed by atoms with van der Waals surface area (Å²) in [6.07, 6.45) is 3.71. The van der Waals surface area contributed by atoms with Crippen LogP contribution in [-0.4, -0.2) is 40.0 Å². The molecule has 1 amide bonds. The van der Waals surface area contributed by atoms with Gasteiger partial charge in [-0.25, -0.2) is 0 Å². The number of H-pyrrole nitrogens is 1. The highest BCUT2D eigenvalue weighted by atomic mass is 16.5. The van der Waals surface area contributed by atoms with Crippen LogP contribution in [0.4, 0.5) is 0 Å². The Kier molecular flexibility index (Phi) is 5.05. The number of aryl methyl sites for hydroxylation is 1. The Morgan fingerprint density at radius 3 is 2.96 bits per heavy atom. The summed E-state index contributed by atoms with van der Waals surface area (Å²) in [6.45, 7) is 3.40. The summed E-state index contributed by atoms with van der Waals surface area (Å²) in [5.41, 5.74) is 1.60. The van der Waals surface area contributed by atoms with Crippen LogP contribution < -0.4 is 5.56 Å². The second-order valence-electron chi connectivity index (χ2n) is 6.06. The van der Waals surface area contributed by atoms with Crippen LogP contribution in [0, 0.1) is 6.92 Å². The molecule has 0 saturated carbocycles. The first-order valence-electron chi connectivity index (χ1n) is 8.13. The van der Waals surface area contributed by atoms with E-state index in [4.69, 9.17) is 4.74 Å². The number of hydrogen-bond acceptors (Lipinski definition) is 4. The number of rotatable bonds is 5. The minimum Gasteiger partial charge on any atom is -0.376 e. The molecule has 126 valence electrons. The molecular weight excluding hydrogens is 306 g/mol. The molecule has 0 bridgehead atoms. The van der Waals surface area contributed by atoms with Gasteiger partial charge in [0.25, 0.3) is 5.91 Å². The van der Waals surface area contributed by atoms with Gasteiger partial charge in [0.05, 0.1) is 18.3 Å². The number of carbonyl (C=O) groups excluding carboxylic acids is 1. The third-order valence-electron chi connectivity index (χ3n) is 4.04. The first-order chi connectivity index (χ1) is 11.6. The van der Waals surface area contributed by atoms with E-state index in [1.165, 1.54) is 6.07 Å². The monoisotopic (exact) mass is 327 g/mol. The molecule has 0 spiro atoms. The van der Waals surface area contributed by atoms with Crippen LogP contribution in [0.5, 0.6) is 0 Å². The number of ether oxygens (including phenoxy) is 1. The quantitative estimate of drug-likeness (QED) is 0.910. The molecule has 1 aliphatic heterocycles. The average molecular weight is 327 g/mol. The first-order valence-corrected chi connectivity index (χ1v) is 8.13. The Hall–Kier alpha value is -2.47. The van der Waals surface area contributed by atoms with Gasteiger partial charge < -0.3 is 14.6 Å². The van der Waals surface area contributed by atoms with Gasteiger partial charge in [-0.1, -0.05) is 6.07 Å². The largest absolute Gasteiger partial charge is 0.376 e. The minimum absolute atomic E-state index is 0.0424. The molecule has 24 heavy (non-hydrogen) atoms. The lowest BCUT2D eigenvalue weighted by Crippen LogP contribution is -2.37. The lowest BCUT2D eigenvalue weighted by molar-refractivity contribution is 0.0504. The van der Waals surface area contributed by atoms with E-state index in [2.05, 4.69) is 9.97 Å². The van der Waals surface area contributed by atoms with Crippen LogP contribution in [0.25, 0.3) is 0 Å². The molecule has 0 aliphatic carbocycles. The summed E-state index contributed by atoms with van der Waals surface area (Å²) in [7, 11) is 0. The average Bonchev–Trinajstić information content (AvgIpc) is 3.07. The van der Waals surface area contributed by atoms with Crippen LogP contribution in [0.1, 0.15) is 34.6 Å². The summed E-state index contributed by atoms with van der Waals surface area (Å²) < 4.78 is 5.67. The first kappa shape index (κ1) is 16.4. The fraction of sp³-hybridized carbons (Fsp3) is 0.389. The molecule has 6 nitrogen and oxygen atoms in total. The molecule has 1 N–H and O–H groups in total. The second kappa shape index (κ2) is 7.40. The Morgan fingerprint density at radius 2 is 2.29 bits per heavy atom. The highest BCUT2D eigenvalue weighted by Gasteiger charge is 2.24. The number of aromatic amines is 1. The summed E-state index contributed by atoms with van der Waals surface area (Å²) in [4.78, 5) is 33.3. The second-order valence-corrected chi connectivity index (χ2v) is 6.06. The van der Waals surface area contributed by atoms with E-state index in [1.54, 1.807) is 24.1 Å². The molecular formula is C18H21N3O3. The van der Waals surface area contributed by atoms with E-state index in [0.717, 1.165) is 25.1 Å². The molecule has 3 rings (SSSR count). The number of aromatic nitrogens is 2. The van der Waals surface area contributed by atoms with Crippen LogP contribution in [-0.2, 0) is 11.3 Å². The van der Waals surface area contributed by atoms with E-state index in [0.29, 0.717) is 24.3 Å². The maximum absolute atomic E-state index is 12.9. The molecule has 0 radical (unpaired) electrons. The number of nitrogens with zero attached hydrogens (tertiary/aromatic N) is 2. The van der Waals surface area contributed by atoms with Gasteiger partial charge in [0, 0.05) is 36.7 Å². The molecule has 1 fully saturated rings. The fourth-order valence-electron chi connectivity index (χ4n) is 2.93.